The summed E-state index contributed by atoms with van der Waals surface area (Å²) < 4.78 is 0. The van der Waals surface area contributed by atoms with Crippen molar-refractivity contribution in [2.75, 3.05) is 18.6 Å². The number of hydrogen-bond donors (Lipinski definition) is 2. The van der Waals surface area contributed by atoms with E-state index in [1.54, 1.807) is 11.8 Å². The average molecular weight is 214 g/mol. The molecule has 0 unspecified atom stereocenters. The molecule has 4 heteroatoms. The smallest absolute Gasteiger partial charge is 0.236 e. The molecular formula is C10H18N2OS. The van der Waals surface area contributed by atoms with Crippen molar-refractivity contribution in [3.05, 3.63) is 0 Å². The molecule has 80 valence electrons. The zero-order valence-corrected chi connectivity index (χ0v) is 9.40. The van der Waals surface area contributed by atoms with E-state index < -0.39 is 0 Å². The van der Waals surface area contributed by atoms with Crippen molar-refractivity contribution in [1.82, 2.24) is 5.32 Å². The highest BCUT2D eigenvalue weighted by Gasteiger charge is 2.11. The third-order valence-corrected chi connectivity index (χ3v) is 2.41. The monoisotopic (exact) mass is 214 g/mol. The molecule has 0 rings (SSSR count). The Hall–Kier alpha value is -0.660. The third-order valence-electron chi connectivity index (χ3n) is 1.77. The van der Waals surface area contributed by atoms with E-state index in [1.165, 1.54) is 0 Å². The van der Waals surface area contributed by atoms with Crippen LogP contribution in [0.3, 0.4) is 0 Å². The molecule has 0 aliphatic rings. The van der Waals surface area contributed by atoms with E-state index in [1.807, 2.05) is 6.26 Å². The Kier molecular flexibility index (Phi) is 8.50. The second-order valence-corrected chi connectivity index (χ2v) is 3.97. The van der Waals surface area contributed by atoms with E-state index >= 15 is 0 Å². The lowest BCUT2D eigenvalue weighted by Crippen LogP contribution is -2.41. The Morgan fingerprint density at radius 3 is 3.00 bits per heavy atom. The van der Waals surface area contributed by atoms with Gasteiger partial charge in [0.25, 0.3) is 0 Å². The highest BCUT2D eigenvalue weighted by atomic mass is 32.2. The molecule has 3 N–H and O–H groups in total. The minimum atomic E-state index is -0.381. The molecule has 0 aromatic heterocycles. The van der Waals surface area contributed by atoms with Gasteiger partial charge in [-0.25, -0.2) is 0 Å². The standard InChI is InChI=1S/C10H18N2OS/c1-3-4-5-7-12-10(13)9(11)6-8-14-2/h1,9H,4-8,11H2,2H3,(H,12,13)/t9-/m0/s1. The fourth-order valence-electron chi connectivity index (χ4n) is 0.909. The summed E-state index contributed by atoms with van der Waals surface area (Å²) in [6.45, 7) is 0.621. The van der Waals surface area contributed by atoms with Gasteiger partial charge in [0, 0.05) is 13.0 Å². The summed E-state index contributed by atoms with van der Waals surface area (Å²) in [5.74, 6) is 3.36. The lowest BCUT2D eigenvalue weighted by atomic mass is 10.2. The molecule has 0 saturated carbocycles. The van der Waals surface area contributed by atoms with Gasteiger partial charge in [0.2, 0.25) is 5.91 Å². The maximum absolute atomic E-state index is 11.3. The van der Waals surface area contributed by atoms with Gasteiger partial charge in [0.1, 0.15) is 0 Å². The minimum absolute atomic E-state index is 0.0731. The highest BCUT2D eigenvalue weighted by molar-refractivity contribution is 7.98. The van der Waals surface area contributed by atoms with Crippen molar-refractivity contribution in [1.29, 1.82) is 0 Å². The van der Waals surface area contributed by atoms with Gasteiger partial charge in [-0.1, -0.05) is 0 Å². The molecule has 0 aromatic carbocycles. The summed E-state index contributed by atoms with van der Waals surface area (Å²) in [4.78, 5) is 11.3. The van der Waals surface area contributed by atoms with Gasteiger partial charge in [-0.3, -0.25) is 4.79 Å². The predicted octanol–water partition coefficient (Wildman–Crippen LogP) is 0.596. The van der Waals surface area contributed by atoms with Gasteiger partial charge >= 0.3 is 0 Å². The number of terminal acetylenes is 1. The predicted molar refractivity (Wildman–Crippen MR) is 62.1 cm³/mol. The molecule has 0 saturated heterocycles. The van der Waals surface area contributed by atoms with Gasteiger partial charge in [-0.15, -0.1) is 12.3 Å². The van der Waals surface area contributed by atoms with E-state index in [2.05, 4.69) is 11.2 Å². The quantitative estimate of drug-likeness (QED) is 0.482. The summed E-state index contributed by atoms with van der Waals surface area (Å²) in [5.41, 5.74) is 5.65. The molecule has 0 bridgehead atoms. The van der Waals surface area contributed by atoms with E-state index in [0.717, 1.165) is 18.6 Å². The third kappa shape index (κ3) is 6.81. The van der Waals surface area contributed by atoms with Crippen molar-refractivity contribution in [3.8, 4) is 12.3 Å². The minimum Gasteiger partial charge on any atom is -0.355 e. The maximum atomic E-state index is 11.3. The molecule has 0 spiro atoms. The summed E-state index contributed by atoms with van der Waals surface area (Å²) in [6, 6.07) is -0.381. The SMILES string of the molecule is C#CCCCNC(=O)[C@@H](N)CCSC. The van der Waals surface area contributed by atoms with Crippen LogP contribution in [0.25, 0.3) is 0 Å². The molecule has 0 aliphatic carbocycles. The number of amides is 1. The molecular weight excluding hydrogens is 196 g/mol. The second-order valence-electron chi connectivity index (χ2n) is 2.99. The number of nitrogens with two attached hydrogens (primary N) is 1. The Bertz CT molecular complexity index is 201. The number of carbonyl (C=O) groups excluding carboxylic acids is 1. The first kappa shape index (κ1) is 13.3. The number of carbonyl (C=O) groups is 1. The Balaban J connectivity index is 3.47. The molecule has 0 fully saturated rings. The van der Waals surface area contributed by atoms with E-state index in [4.69, 9.17) is 12.2 Å². The Morgan fingerprint density at radius 1 is 1.71 bits per heavy atom. The van der Waals surface area contributed by atoms with Crippen LogP contribution in [-0.4, -0.2) is 30.5 Å². The number of thioether (sulfide) groups is 1. The van der Waals surface area contributed by atoms with Crippen LogP contribution in [0, 0.1) is 12.3 Å². The topological polar surface area (TPSA) is 55.1 Å². The number of rotatable bonds is 7. The maximum Gasteiger partial charge on any atom is 0.236 e. The summed E-state index contributed by atoms with van der Waals surface area (Å²) >= 11 is 1.69. The van der Waals surface area contributed by atoms with Gasteiger partial charge in [0.05, 0.1) is 6.04 Å². The first-order chi connectivity index (χ1) is 6.72. The summed E-state index contributed by atoms with van der Waals surface area (Å²) in [5, 5.41) is 2.76. The highest BCUT2D eigenvalue weighted by Crippen LogP contribution is 1.98. The zero-order chi connectivity index (χ0) is 10.8. The molecule has 0 heterocycles. The number of unbranched alkanes of at least 4 members (excludes halogenated alkanes) is 1. The lowest BCUT2D eigenvalue weighted by Gasteiger charge is -2.10. The second kappa shape index (κ2) is 8.92. The van der Waals surface area contributed by atoms with Crippen LogP contribution in [0.4, 0.5) is 0 Å². The van der Waals surface area contributed by atoms with Crippen LogP contribution in [0.2, 0.25) is 0 Å². The van der Waals surface area contributed by atoms with Crippen LogP contribution >= 0.6 is 11.8 Å². The Morgan fingerprint density at radius 2 is 2.43 bits per heavy atom. The summed E-state index contributed by atoms with van der Waals surface area (Å²) in [6.07, 6.45) is 9.31. The van der Waals surface area contributed by atoms with E-state index in [0.29, 0.717) is 13.0 Å². The Labute approximate surface area is 90.2 Å². The fourth-order valence-corrected chi connectivity index (χ4v) is 1.40. The van der Waals surface area contributed by atoms with Gasteiger partial charge < -0.3 is 11.1 Å². The van der Waals surface area contributed by atoms with Crippen LogP contribution in [0.5, 0.6) is 0 Å². The van der Waals surface area contributed by atoms with Crippen molar-refractivity contribution >= 4 is 17.7 Å². The van der Waals surface area contributed by atoms with Crippen LogP contribution in [0.15, 0.2) is 0 Å². The summed E-state index contributed by atoms with van der Waals surface area (Å²) in [7, 11) is 0. The van der Waals surface area contributed by atoms with Crippen molar-refractivity contribution in [2.24, 2.45) is 5.73 Å². The fraction of sp³-hybridized carbons (Fsp3) is 0.700. The van der Waals surface area contributed by atoms with Gasteiger partial charge in [0.15, 0.2) is 0 Å². The molecule has 1 amide bonds. The van der Waals surface area contributed by atoms with E-state index in [-0.39, 0.29) is 11.9 Å². The normalized spacial score (nSPS) is 11.8. The molecule has 3 nitrogen and oxygen atoms in total. The molecule has 0 radical (unpaired) electrons. The van der Waals surface area contributed by atoms with Crippen LogP contribution < -0.4 is 11.1 Å². The van der Waals surface area contributed by atoms with Crippen molar-refractivity contribution < 1.29 is 4.79 Å². The molecule has 0 aliphatic heterocycles. The van der Waals surface area contributed by atoms with E-state index in [9.17, 15) is 4.79 Å². The number of hydrogen-bond acceptors (Lipinski definition) is 3. The lowest BCUT2D eigenvalue weighted by molar-refractivity contribution is -0.122. The molecule has 14 heavy (non-hydrogen) atoms. The van der Waals surface area contributed by atoms with Gasteiger partial charge in [-0.2, -0.15) is 11.8 Å². The first-order valence-corrected chi connectivity index (χ1v) is 6.07. The van der Waals surface area contributed by atoms with Gasteiger partial charge in [-0.05, 0) is 24.9 Å². The van der Waals surface area contributed by atoms with Crippen molar-refractivity contribution in [3.63, 3.8) is 0 Å². The largest absolute Gasteiger partial charge is 0.355 e. The molecule has 1 atom stereocenters. The molecule has 0 aromatic rings. The van der Waals surface area contributed by atoms with Crippen LogP contribution in [-0.2, 0) is 4.79 Å². The number of nitrogens with one attached hydrogen (secondary N) is 1. The first-order valence-electron chi connectivity index (χ1n) is 4.68. The van der Waals surface area contributed by atoms with Crippen LogP contribution in [0.1, 0.15) is 19.3 Å². The zero-order valence-electron chi connectivity index (χ0n) is 8.58. The average Bonchev–Trinajstić information content (AvgIpc) is 2.20. The van der Waals surface area contributed by atoms with Crippen molar-refractivity contribution in [2.45, 2.75) is 25.3 Å².